The van der Waals surface area contributed by atoms with E-state index in [0.29, 0.717) is 5.41 Å². The van der Waals surface area contributed by atoms with Gasteiger partial charge in [0.1, 0.15) is 0 Å². The van der Waals surface area contributed by atoms with Gasteiger partial charge in [-0.1, -0.05) is 19.3 Å². The van der Waals surface area contributed by atoms with Crippen molar-refractivity contribution in [3.8, 4) is 6.07 Å². The summed E-state index contributed by atoms with van der Waals surface area (Å²) in [6, 6.07) is 2.47. The third-order valence-electron chi connectivity index (χ3n) is 4.51. The van der Waals surface area contributed by atoms with E-state index in [2.05, 4.69) is 11.0 Å². The van der Waals surface area contributed by atoms with Gasteiger partial charge in [-0.15, -0.1) is 0 Å². The normalized spacial score (nSPS) is 28.5. The lowest BCUT2D eigenvalue weighted by molar-refractivity contribution is 0.0595. The Labute approximate surface area is 93.3 Å². The smallest absolute Gasteiger partial charge is 0.0949 e. The molecule has 0 aromatic rings. The van der Waals surface area contributed by atoms with Gasteiger partial charge in [0.05, 0.1) is 12.1 Å². The Morgan fingerprint density at radius 2 is 1.67 bits per heavy atom. The Morgan fingerprint density at radius 1 is 1.07 bits per heavy atom. The van der Waals surface area contributed by atoms with Crippen LogP contribution in [0, 0.1) is 16.7 Å². The van der Waals surface area contributed by atoms with E-state index in [1.54, 1.807) is 0 Å². The molecule has 0 radical (unpaired) electrons. The largest absolute Gasteiger partial charge is 0.288 e. The second-order valence-corrected chi connectivity index (χ2v) is 5.40. The monoisotopic (exact) mass is 206 g/mol. The van der Waals surface area contributed by atoms with Crippen molar-refractivity contribution in [2.75, 3.05) is 13.1 Å². The molecule has 84 valence electrons. The maximum absolute atomic E-state index is 8.90. The predicted molar refractivity (Wildman–Crippen MR) is 61.4 cm³/mol. The third-order valence-corrected chi connectivity index (χ3v) is 4.51. The molecule has 2 rings (SSSR count). The van der Waals surface area contributed by atoms with Crippen LogP contribution < -0.4 is 0 Å². The third kappa shape index (κ3) is 2.34. The molecule has 1 aliphatic heterocycles. The molecule has 1 atom stereocenters. The highest BCUT2D eigenvalue weighted by Crippen LogP contribution is 2.44. The molecular weight excluding hydrogens is 184 g/mol. The summed E-state index contributed by atoms with van der Waals surface area (Å²) in [5.41, 5.74) is 0.671. The van der Waals surface area contributed by atoms with Crippen molar-refractivity contribution in [2.24, 2.45) is 5.41 Å². The molecule has 1 saturated heterocycles. The molecule has 0 amide bonds. The highest BCUT2D eigenvalue weighted by Gasteiger charge is 2.36. The van der Waals surface area contributed by atoms with Crippen LogP contribution in [0.1, 0.15) is 51.9 Å². The standard InChI is InChI=1S/C13H22N2/c1-12(11-14)15-9-7-13(8-10-15)5-3-2-4-6-13/h12H,2-10H2,1H3. The van der Waals surface area contributed by atoms with E-state index in [1.165, 1.54) is 44.9 Å². The fraction of sp³-hybridized carbons (Fsp3) is 0.923. The summed E-state index contributed by atoms with van der Waals surface area (Å²) in [6.07, 6.45) is 9.88. The van der Waals surface area contributed by atoms with Gasteiger partial charge in [-0.2, -0.15) is 5.26 Å². The van der Waals surface area contributed by atoms with Crippen LogP contribution in [0.3, 0.4) is 0 Å². The molecule has 1 heterocycles. The van der Waals surface area contributed by atoms with Crippen molar-refractivity contribution in [2.45, 2.75) is 57.9 Å². The van der Waals surface area contributed by atoms with Crippen LogP contribution in [0.25, 0.3) is 0 Å². The highest BCUT2D eigenvalue weighted by atomic mass is 15.2. The Kier molecular flexibility index (Phi) is 3.31. The first-order chi connectivity index (χ1) is 7.26. The molecule has 1 unspecified atom stereocenters. The first kappa shape index (κ1) is 11.0. The zero-order valence-electron chi connectivity index (χ0n) is 9.84. The van der Waals surface area contributed by atoms with Gasteiger partial charge in [0.25, 0.3) is 0 Å². The van der Waals surface area contributed by atoms with Crippen molar-refractivity contribution >= 4 is 0 Å². The molecule has 1 aliphatic carbocycles. The summed E-state index contributed by atoms with van der Waals surface area (Å²) >= 11 is 0. The Balaban J connectivity index is 1.88. The van der Waals surface area contributed by atoms with Gasteiger partial charge >= 0.3 is 0 Å². The minimum Gasteiger partial charge on any atom is -0.288 e. The molecule has 0 aromatic heterocycles. The Morgan fingerprint density at radius 3 is 2.20 bits per heavy atom. The number of nitriles is 1. The maximum atomic E-state index is 8.90. The summed E-state index contributed by atoms with van der Waals surface area (Å²) in [5, 5.41) is 8.90. The molecule has 1 saturated carbocycles. The summed E-state index contributed by atoms with van der Waals surface area (Å²) in [6.45, 7) is 4.32. The fourth-order valence-electron chi connectivity index (χ4n) is 3.27. The molecule has 0 N–H and O–H groups in total. The quantitative estimate of drug-likeness (QED) is 0.659. The van der Waals surface area contributed by atoms with Gasteiger partial charge < -0.3 is 0 Å². The SMILES string of the molecule is CC(C#N)N1CCC2(CCCCC2)CC1. The molecular formula is C13H22N2. The van der Waals surface area contributed by atoms with Crippen molar-refractivity contribution in [1.29, 1.82) is 5.26 Å². The van der Waals surface area contributed by atoms with Crippen LogP contribution in [-0.2, 0) is 0 Å². The van der Waals surface area contributed by atoms with E-state index >= 15 is 0 Å². The van der Waals surface area contributed by atoms with E-state index in [-0.39, 0.29) is 6.04 Å². The van der Waals surface area contributed by atoms with Crippen molar-refractivity contribution in [3.63, 3.8) is 0 Å². The first-order valence-electron chi connectivity index (χ1n) is 6.39. The lowest BCUT2D eigenvalue weighted by Gasteiger charge is -2.45. The number of rotatable bonds is 1. The van der Waals surface area contributed by atoms with Crippen molar-refractivity contribution in [1.82, 2.24) is 4.90 Å². The molecule has 0 bridgehead atoms. The fourth-order valence-corrected chi connectivity index (χ4v) is 3.27. The number of piperidine rings is 1. The van der Waals surface area contributed by atoms with E-state index in [9.17, 15) is 0 Å². The minimum absolute atomic E-state index is 0.117. The van der Waals surface area contributed by atoms with Gasteiger partial charge in [-0.25, -0.2) is 0 Å². The second-order valence-electron chi connectivity index (χ2n) is 5.40. The lowest BCUT2D eigenvalue weighted by atomic mass is 9.68. The van der Waals surface area contributed by atoms with Crippen molar-refractivity contribution < 1.29 is 0 Å². The summed E-state index contributed by atoms with van der Waals surface area (Å²) in [7, 11) is 0. The number of hydrogen-bond acceptors (Lipinski definition) is 2. The van der Waals surface area contributed by atoms with E-state index in [0.717, 1.165) is 13.1 Å². The van der Waals surface area contributed by atoms with E-state index in [4.69, 9.17) is 5.26 Å². The van der Waals surface area contributed by atoms with Crippen LogP contribution >= 0.6 is 0 Å². The average Bonchev–Trinajstić information content (AvgIpc) is 2.30. The molecule has 2 nitrogen and oxygen atoms in total. The maximum Gasteiger partial charge on any atom is 0.0949 e. The highest BCUT2D eigenvalue weighted by molar-refractivity contribution is 4.94. The number of hydrogen-bond donors (Lipinski definition) is 0. The first-order valence-corrected chi connectivity index (χ1v) is 6.39. The summed E-state index contributed by atoms with van der Waals surface area (Å²) in [5.74, 6) is 0. The molecule has 15 heavy (non-hydrogen) atoms. The van der Waals surface area contributed by atoms with Crippen LogP contribution in [0.2, 0.25) is 0 Å². The van der Waals surface area contributed by atoms with Gasteiger partial charge in [0.15, 0.2) is 0 Å². The molecule has 2 fully saturated rings. The summed E-state index contributed by atoms with van der Waals surface area (Å²) in [4.78, 5) is 2.35. The van der Waals surface area contributed by atoms with Gasteiger partial charge in [0, 0.05) is 0 Å². The molecule has 2 heteroatoms. The molecule has 0 aromatic carbocycles. The minimum atomic E-state index is 0.117. The summed E-state index contributed by atoms with van der Waals surface area (Å²) < 4.78 is 0. The second kappa shape index (κ2) is 4.53. The van der Waals surface area contributed by atoms with Crippen LogP contribution in [-0.4, -0.2) is 24.0 Å². The lowest BCUT2D eigenvalue weighted by Crippen LogP contribution is -2.44. The van der Waals surface area contributed by atoms with Gasteiger partial charge in [-0.3, -0.25) is 4.90 Å². The topological polar surface area (TPSA) is 27.0 Å². The Hall–Kier alpha value is -0.550. The van der Waals surface area contributed by atoms with Gasteiger partial charge in [0.2, 0.25) is 0 Å². The number of likely N-dealkylation sites (tertiary alicyclic amines) is 1. The predicted octanol–water partition coefficient (Wildman–Crippen LogP) is 2.94. The van der Waals surface area contributed by atoms with Crippen LogP contribution in [0.5, 0.6) is 0 Å². The molecule has 1 spiro atoms. The zero-order valence-corrected chi connectivity index (χ0v) is 9.84. The van der Waals surface area contributed by atoms with Crippen molar-refractivity contribution in [3.05, 3.63) is 0 Å². The van der Waals surface area contributed by atoms with E-state index < -0.39 is 0 Å². The average molecular weight is 206 g/mol. The van der Waals surface area contributed by atoms with Gasteiger partial charge in [-0.05, 0) is 51.1 Å². The van der Waals surface area contributed by atoms with E-state index in [1.807, 2.05) is 6.92 Å². The zero-order chi connectivity index (χ0) is 10.7. The van der Waals surface area contributed by atoms with Crippen LogP contribution in [0.4, 0.5) is 0 Å². The Bertz CT molecular complexity index is 238. The number of nitrogens with zero attached hydrogens (tertiary/aromatic N) is 2. The van der Waals surface area contributed by atoms with Crippen LogP contribution in [0.15, 0.2) is 0 Å². The molecule has 2 aliphatic rings.